The lowest BCUT2D eigenvalue weighted by molar-refractivity contribution is -0.137. The van der Waals surface area contributed by atoms with Crippen LogP contribution in [0.3, 0.4) is 0 Å². The van der Waals surface area contributed by atoms with E-state index >= 15 is 0 Å². The number of benzene rings is 1. The van der Waals surface area contributed by atoms with Crippen molar-refractivity contribution in [1.29, 1.82) is 0 Å². The van der Waals surface area contributed by atoms with Gasteiger partial charge in [-0.3, -0.25) is 4.98 Å². The van der Waals surface area contributed by atoms with Crippen LogP contribution in [0.5, 0.6) is 11.6 Å². The second kappa shape index (κ2) is 6.31. The molecule has 0 aliphatic carbocycles. The van der Waals surface area contributed by atoms with E-state index in [0.29, 0.717) is 5.88 Å². The highest BCUT2D eigenvalue weighted by Crippen LogP contribution is 2.34. The molecule has 0 N–H and O–H groups in total. The Morgan fingerprint density at radius 1 is 0.917 bits per heavy atom. The quantitative estimate of drug-likeness (QED) is 0.657. The number of aryl methyl sites for hydroxylation is 1. The van der Waals surface area contributed by atoms with E-state index in [4.69, 9.17) is 4.74 Å². The summed E-state index contributed by atoms with van der Waals surface area (Å²) in [7, 11) is 0. The minimum absolute atomic E-state index is 0.282. The van der Waals surface area contributed by atoms with E-state index in [1.165, 1.54) is 12.1 Å². The molecule has 3 aromatic rings. The van der Waals surface area contributed by atoms with E-state index in [0.717, 1.165) is 28.8 Å². The predicted molar refractivity (Wildman–Crippen MR) is 83.7 cm³/mol. The van der Waals surface area contributed by atoms with E-state index in [9.17, 15) is 13.2 Å². The average molecular weight is 330 g/mol. The van der Waals surface area contributed by atoms with Crippen molar-refractivity contribution in [3.8, 4) is 22.8 Å². The molecule has 0 saturated carbocycles. The third-order valence-corrected chi connectivity index (χ3v) is 3.50. The largest absolute Gasteiger partial charge is 0.438 e. The zero-order valence-corrected chi connectivity index (χ0v) is 12.7. The van der Waals surface area contributed by atoms with Crippen LogP contribution in [0.4, 0.5) is 13.2 Å². The fourth-order valence-electron chi connectivity index (χ4n) is 2.25. The summed E-state index contributed by atoms with van der Waals surface area (Å²) in [6.07, 6.45) is 0.577. The Balaban J connectivity index is 1.93. The molecule has 0 aliphatic heterocycles. The minimum Gasteiger partial charge on any atom is -0.438 e. The van der Waals surface area contributed by atoms with Gasteiger partial charge in [0.25, 0.3) is 0 Å². The standard InChI is InChI=1S/C18H13F3N2O/c1-12-8-10-22-11-16(12)15-3-2-9-23-17(15)24-14-6-4-13(5-7-14)18(19,20)21/h2-11H,1H3. The molecule has 3 rings (SSSR count). The van der Waals surface area contributed by atoms with Crippen molar-refractivity contribution >= 4 is 0 Å². The van der Waals surface area contributed by atoms with Crippen LogP contribution in [0.1, 0.15) is 11.1 Å². The topological polar surface area (TPSA) is 35.0 Å². The molecule has 0 radical (unpaired) electrons. The summed E-state index contributed by atoms with van der Waals surface area (Å²) in [5.74, 6) is 0.595. The Kier molecular flexibility index (Phi) is 4.20. The number of rotatable bonds is 3. The molecule has 0 spiro atoms. The lowest BCUT2D eigenvalue weighted by atomic mass is 10.0. The van der Waals surface area contributed by atoms with Gasteiger partial charge in [0.2, 0.25) is 5.88 Å². The van der Waals surface area contributed by atoms with Crippen molar-refractivity contribution in [3.05, 3.63) is 72.2 Å². The molecule has 24 heavy (non-hydrogen) atoms. The first kappa shape index (κ1) is 16.0. The maximum absolute atomic E-state index is 12.6. The van der Waals surface area contributed by atoms with E-state index < -0.39 is 11.7 Å². The summed E-state index contributed by atoms with van der Waals surface area (Å²) in [6.45, 7) is 1.94. The molecular weight excluding hydrogens is 317 g/mol. The molecule has 2 aromatic heterocycles. The molecule has 0 unspecified atom stereocenters. The molecule has 6 heteroatoms. The lowest BCUT2D eigenvalue weighted by Gasteiger charge is -2.12. The molecule has 3 nitrogen and oxygen atoms in total. The normalized spacial score (nSPS) is 11.3. The number of halogens is 3. The number of nitrogens with zero attached hydrogens (tertiary/aromatic N) is 2. The van der Waals surface area contributed by atoms with Crippen molar-refractivity contribution < 1.29 is 17.9 Å². The van der Waals surface area contributed by atoms with Gasteiger partial charge >= 0.3 is 6.18 Å². The maximum atomic E-state index is 12.6. The Hall–Kier alpha value is -2.89. The van der Waals surface area contributed by atoms with Gasteiger partial charge in [-0.05, 0) is 55.0 Å². The highest BCUT2D eigenvalue weighted by atomic mass is 19.4. The summed E-state index contributed by atoms with van der Waals surface area (Å²) >= 11 is 0. The van der Waals surface area contributed by atoms with Crippen LogP contribution in [0.2, 0.25) is 0 Å². The average Bonchev–Trinajstić information content (AvgIpc) is 2.56. The predicted octanol–water partition coefficient (Wildman–Crippen LogP) is 5.26. The molecule has 122 valence electrons. The van der Waals surface area contributed by atoms with Crippen molar-refractivity contribution in [2.45, 2.75) is 13.1 Å². The van der Waals surface area contributed by atoms with Gasteiger partial charge < -0.3 is 4.74 Å². The van der Waals surface area contributed by atoms with Gasteiger partial charge in [0.1, 0.15) is 5.75 Å². The fourth-order valence-corrected chi connectivity index (χ4v) is 2.25. The highest BCUT2D eigenvalue weighted by Gasteiger charge is 2.30. The second-order valence-corrected chi connectivity index (χ2v) is 5.17. The van der Waals surface area contributed by atoms with E-state index in [1.807, 2.05) is 19.1 Å². The molecule has 1 aromatic carbocycles. The number of hydrogen-bond donors (Lipinski definition) is 0. The Morgan fingerprint density at radius 3 is 2.33 bits per heavy atom. The first-order chi connectivity index (χ1) is 11.4. The van der Waals surface area contributed by atoms with Gasteiger partial charge in [-0.2, -0.15) is 13.2 Å². The van der Waals surface area contributed by atoms with Gasteiger partial charge in [0.15, 0.2) is 0 Å². The summed E-state index contributed by atoms with van der Waals surface area (Å²) in [5, 5.41) is 0. The number of aromatic nitrogens is 2. The highest BCUT2D eigenvalue weighted by molar-refractivity contribution is 5.70. The molecule has 0 bridgehead atoms. The summed E-state index contributed by atoms with van der Waals surface area (Å²) in [5.41, 5.74) is 1.85. The molecule has 2 heterocycles. The molecule has 0 aliphatic rings. The molecule has 0 atom stereocenters. The van der Waals surface area contributed by atoms with Crippen LogP contribution in [0.15, 0.2) is 61.1 Å². The van der Waals surface area contributed by atoms with Gasteiger partial charge in [-0.15, -0.1) is 0 Å². The van der Waals surface area contributed by atoms with Gasteiger partial charge in [-0.1, -0.05) is 0 Å². The number of pyridine rings is 2. The Morgan fingerprint density at radius 2 is 1.67 bits per heavy atom. The number of ether oxygens (including phenoxy) is 1. The van der Waals surface area contributed by atoms with Crippen molar-refractivity contribution in [1.82, 2.24) is 9.97 Å². The van der Waals surface area contributed by atoms with Gasteiger partial charge in [-0.25, -0.2) is 4.98 Å². The van der Waals surface area contributed by atoms with Crippen molar-refractivity contribution in [2.75, 3.05) is 0 Å². The molecule has 0 saturated heterocycles. The third kappa shape index (κ3) is 3.37. The lowest BCUT2D eigenvalue weighted by Crippen LogP contribution is -2.04. The van der Waals surface area contributed by atoms with Gasteiger partial charge in [0, 0.05) is 29.7 Å². The van der Waals surface area contributed by atoms with Crippen LogP contribution in [-0.4, -0.2) is 9.97 Å². The van der Waals surface area contributed by atoms with Crippen molar-refractivity contribution in [2.24, 2.45) is 0 Å². The first-order valence-electron chi connectivity index (χ1n) is 7.16. The summed E-state index contributed by atoms with van der Waals surface area (Å²) in [4.78, 5) is 8.29. The number of alkyl halides is 3. The van der Waals surface area contributed by atoms with Crippen LogP contribution >= 0.6 is 0 Å². The molecule has 0 fully saturated rings. The van der Waals surface area contributed by atoms with Crippen LogP contribution in [0, 0.1) is 6.92 Å². The molecular formula is C18H13F3N2O. The van der Waals surface area contributed by atoms with Crippen LogP contribution in [-0.2, 0) is 6.18 Å². The van der Waals surface area contributed by atoms with Crippen molar-refractivity contribution in [3.63, 3.8) is 0 Å². The zero-order chi connectivity index (χ0) is 17.2. The Labute approximate surface area is 136 Å². The third-order valence-electron chi connectivity index (χ3n) is 3.50. The van der Waals surface area contributed by atoms with E-state index in [2.05, 4.69) is 9.97 Å². The monoisotopic (exact) mass is 330 g/mol. The fraction of sp³-hybridized carbons (Fsp3) is 0.111. The SMILES string of the molecule is Cc1ccncc1-c1cccnc1Oc1ccc(C(F)(F)F)cc1. The second-order valence-electron chi connectivity index (χ2n) is 5.17. The van der Waals surface area contributed by atoms with Crippen LogP contribution < -0.4 is 4.74 Å². The smallest absolute Gasteiger partial charge is 0.416 e. The number of hydrogen-bond acceptors (Lipinski definition) is 3. The maximum Gasteiger partial charge on any atom is 0.416 e. The summed E-state index contributed by atoms with van der Waals surface area (Å²) in [6, 6.07) is 9.97. The summed E-state index contributed by atoms with van der Waals surface area (Å²) < 4.78 is 43.5. The minimum atomic E-state index is -4.37. The van der Waals surface area contributed by atoms with Crippen LogP contribution in [0.25, 0.3) is 11.1 Å². The van der Waals surface area contributed by atoms with E-state index in [1.54, 1.807) is 24.7 Å². The Bertz CT molecular complexity index is 845. The first-order valence-corrected chi connectivity index (χ1v) is 7.16. The zero-order valence-electron chi connectivity index (χ0n) is 12.7. The van der Waals surface area contributed by atoms with Gasteiger partial charge in [0.05, 0.1) is 5.56 Å². The van der Waals surface area contributed by atoms with E-state index in [-0.39, 0.29) is 5.75 Å². The molecule has 0 amide bonds.